The van der Waals surface area contributed by atoms with Gasteiger partial charge in [0, 0.05) is 43.5 Å². The summed E-state index contributed by atoms with van der Waals surface area (Å²) in [6.07, 6.45) is 1.79. The maximum absolute atomic E-state index is 11.4. The Morgan fingerprint density at radius 3 is 3.00 bits per heavy atom. The first-order chi connectivity index (χ1) is 7.24. The quantitative estimate of drug-likeness (QED) is 0.783. The highest BCUT2D eigenvalue weighted by Gasteiger charge is 1.95. The van der Waals surface area contributed by atoms with Crippen LogP contribution in [0.2, 0.25) is 0 Å². The second-order valence-corrected chi connectivity index (χ2v) is 4.04. The van der Waals surface area contributed by atoms with E-state index >= 15 is 0 Å². The number of halogens is 1. The van der Waals surface area contributed by atoms with Crippen molar-refractivity contribution >= 4 is 15.9 Å². The van der Waals surface area contributed by atoms with Crippen LogP contribution < -0.4 is 10.9 Å². The average molecular weight is 275 g/mol. The van der Waals surface area contributed by atoms with Crippen LogP contribution >= 0.6 is 15.9 Å². The van der Waals surface area contributed by atoms with E-state index in [0.717, 1.165) is 17.6 Å². The standard InChI is InChI=1S/C10H15BrN2O2/c1-15-7-5-12-4-6-13-8-9(11)2-3-10(13)14/h2-3,8,12H,4-7H2,1H3. The average Bonchev–Trinajstić information content (AvgIpc) is 2.23. The smallest absolute Gasteiger partial charge is 0.250 e. The van der Waals surface area contributed by atoms with Crippen LogP contribution in [0.4, 0.5) is 0 Å². The van der Waals surface area contributed by atoms with Gasteiger partial charge in [0.15, 0.2) is 0 Å². The van der Waals surface area contributed by atoms with Crippen LogP contribution in [0.25, 0.3) is 0 Å². The van der Waals surface area contributed by atoms with Gasteiger partial charge in [-0.1, -0.05) is 0 Å². The Morgan fingerprint density at radius 1 is 1.47 bits per heavy atom. The topological polar surface area (TPSA) is 43.3 Å². The molecule has 84 valence electrons. The highest BCUT2D eigenvalue weighted by atomic mass is 79.9. The molecule has 0 fully saturated rings. The molecule has 0 atom stereocenters. The van der Waals surface area contributed by atoms with Crippen molar-refractivity contribution in [2.75, 3.05) is 26.8 Å². The summed E-state index contributed by atoms with van der Waals surface area (Å²) in [6, 6.07) is 3.30. The first-order valence-corrected chi connectivity index (χ1v) is 5.59. The number of nitrogens with zero attached hydrogens (tertiary/aromatic N) is 1. The van der Waals surface area contributed by atoms with Crippen LogP contribution in [0.15, 0.2) is 27.6 Å². The van der Waals surface area contributed by atoms with Crippen LogP contribution in [0.1, 0.15) is 0 Å². The van der Waals surface area contributed by atoms with Gasteiger partial charge in [-0.2, -0.15) is 0 Å². The van der Waals surface area contributed by atoms with Crippen molar-refractivity contribution in [1.82, 2.24) is 9.88 Å². The number of nitrogens with one attached hydrogen (secondary N) is 1. The second kappa shape index (κ2) is 6.76. The molecule has 0 aliphatic carbocycles. The largest absolute Gasteiger partial charge is 0.383 e. The van der Waals surface area contributed by atoms with Gasteiger partial charge in [-0.3, -0.25) is 4.79 Å². The molecule has 0 unspecified atom stereocenters. The van der Waals surface area contributed by atoms with E-state index in [0.29, 0.717) is 13.2 Å². The molecule has 0 bridgehead atoms. The van der Waals surface area contributed by atoms with Gasteiger partial charge in [0.2, 0.25) is 0 Å². The lowest BCUT2D eigenvalue weighted by Gasteiger charge is -2.07. The number of aromatic nitrogens is 1. The van der Waals surface area contributed by atoms with Crippen LogP contribution in [-0.4, -0.2) is 31.4 Å². The molecule has 0 aromatic carbocycles. The first-order valence-electron chi connectivity index (χ1n) is 4.79. The van der Waals surface area contributed by atoms with E-state index in [-0.39, 0.29) is 5.56 Å². The highest BCUT2D eigenvalue weighted by molar-refractivity contribution is 9.10. The van der Waals surface area contributed by atoms with Crippen molar-refractivity contribution in [3.63, 3.8) is 0 Å². The Kier molecular flexibility index (Phi) is 5.60. The van der Waals surface area contributed by atoms with Gasteiger partial charge in [0.05, 0.1) is 6.61 Å². The zero-order valence-corrected chi connectivity index (χ0v) is 10.3. The molecule has 15 heavy (non-hydrogen) atoms. The van der Waals surface area contributed by atoms with E-state index in [1.165, 1.54) is 0 Å². The fourth-order valence-electron chi connectivity index (χ4n) is 1.18. The minimum Gasteiger partial charge on any atom is -0.383 e. The molecule has 1 aromatic heterocycles. The summed E-state index contributed by atoms with van der Waals surface area (Å²) >= 11 is 3.33. The highest BCUT2D eigenvalue weighted by Crippen LogP contribution is 2.04. The van der Waals surface area contributed by atoms with Crippen molar-refractivity contribution in [2.45, 2.75) is 6.54 Å². The van der Waals surface area contributed by atoms with Gasteiger partial charge in [0.1, 0.15) is 0 Å². The molecule has 0 spiro atoms. The monoisotopic (exact) mass is 274 g/mol. The second-order valence-electron chi connectivity index (χ2n) is 3.12. The number of hydrogen-bond donors (Lipinski definition) is 1. The summed E-state index contributed by atoms with van der Waals surface area (Å²) in [4.78, 5) is 11.4. The van der Waals surface area contributed by atoms with E-state index in [9.17, 15) is 4.79 Å². The van der Waals surface area contributed by atoms with Crippen molar-refractivity contribution in [1.29, 1.82) is 0 Å². The summed E-state index contributed by atoms with van der Waals surface area (Å²) in [5.74, 6) is 0. The molecule has 0 saturated carbocycles. The minimum absolute atomic E-state index is 0.0201. The van der Waals surface area contributed by atoms with Gasteiger partial charge in [-0.25, -0.2) is 0 Å². The Morgan fingerprint density at radius 2 is 2.27 bits per heavy atom. The van der Waals surface area contributed by atoms with Crippen LogP contribution in [0, 0.1) is 0 Å². The third-order valence-corrected chi connectivity index (χ3v) is 2.43. The maximum atomic E-state index is 11.4. The van der Waals surface area contributed by atoms with Gasteiger partial charge in [0.25, 0.3) is 5.56 Å². The lowest BCUT2D eigenvalue weighted by Crippen LogP contribution is -2.28. The van der Waals surface area contributed by atoms with Gasteiger partial charge < -0.3 is 14.6 Å². The molecule has 0 amide bonds. The summed E-state index contributed by atoms with van der Waals surface area (Å²) < 4.78 is 7.48. The fourth-order valence-corrected chi connectivity index (χ4v) is 1.55. The van der Waals surface area contributed by atoms with E-state index < -0.39 is 0 Å². The normalized spacial score (nSPS) is 10.5. The zero-order chi connectivity index (χ0) is 11.1. The zero-order valence-electron chi connectivity index (χ0n) is 8.70. The third-order valence-electron chi connectivity index (χ3n) is 1.96. The van der Waals surface area contributed by atoms with Crippen molar-refractivity contribution in [2.24, 2.45) is 0 Å². The van der Waals surface area contributed by atoms with E-state index in [2.05, 4.69) is 21.2 Å². The lowest BCUT2D eigenvalue weighted by atomic mass is 10.4. The van der Waals surface area contributed by atoms with Crippen molar-refractivity contribution in [3.05, 3.63) is 33.2 Å². The summed E-state index contributed by atoms with van der Waals surface area (Å²) in [5.41, 5.74) is 0.0201. The number of methoxy groups -OCH3 is 1. The Balaban J connectivity index is 2.37. The number of hydrogen-bond acceptors (Lipinski definition) is 3. The van der Waals surface area contributed by atoms with Crippen molar-refractivity contribution < 1.29 is 4.74 Å². The van der Waals surface area contributed by atoms with E-state index in [1.807, 2.05) is 0 Å². The molecule has 1 heterocycles. The maximum Gasteiger partial charge on any atom is 0.250 e. The van der Waals surface area contributed by atoms with Crippen LogP contribution in [0.3, 0.4) is 0 Å². The predicted molar refractivity (Wildman–Crippen MR) is 63.1 cm³/mol. The minimum atomic E-state index is 0.0201. The molecule has 0 aliphatic rings. The summed E-state index contributed by atoms with van der Waals surface area (Å²) in [7, 11) is 1.67. The van der Waals surface area contributed by atoms with E-state index in [1.54, 1.807) is 30.0 Å². The Labute approximate surface area is 97.4 Å². The molecule has 5 heteroatoms. The van der Waals surface area contributed by atoms with Crippen molar-refractivity contribution in [3.8, 4) is 0 Å². The van der Waals surface area contributed by atoms with Gasteiger partial charge in [-0.15, -0.1) is 0 Å². The molecule has 0 saturated heterocycles. The van der Waals surface area contributed by atoms with Gasteiger partial charge in [-0.05, 0) is 22.0 Å². The molecule has 1 aromatic rings. The third kappa shape index (κ3) is 4.59. The lowest BCUT2D eigenvalue weighted by molar-refractivity contribution is 0.199. The Hall–Kier alpha value is -0.650. The molecule has 0 radical (unpaired) electrons. The van der Waals surface area contributed by atoms with Gasteiger partial charge >= 0.3 is 0 Å². The van der Waals surface area contributed by atoms with E-state index in [4.69, 9.17) is 4.74 Å². The molecule has 1 rings (SSSR count). The van der Waals surface area contributed by atoms with Crippen LogP contribution in [0.5, 0.6) is 0 Å². The molecule has 0 aliphatic heterocycles. The number of rotatable bonds is 6. The summed E-state index contributed by atoms with van der Waals surface area (Å²) in [5, 5.41) is 3.18. The SMILES string of the molecule is COCCNCCn1cc(Br)ccc1=O. The molecular formula is C10H15BrN2O2. The fraction of sp³-hybridized carbons (Fsp3) is 0.500. The molecular weight excluding hydrogens is 260 g/mol. The molecule has 1 N–H and O–H groups in total. The summed E-state index contributed by atoms with van der Waals surface area (Å²) in [6.45, 7) is 2.92. The first kappa shape index (κ1) is 12.4. The number of pyridine rings is 1. The molecule has 4 nitrogen and oxygen atoms in total. The predicted octanol–water partition coefficient (Wildman–Crippen LogP) is 0.847. The number of ether oxygens (including phenoxy) is 1. The van der Waals surface area contributed by atoms with Crippen LogP contribution in [-0.2, 0) is 11.3 Å². The Bertz CT molecular complexity index is 352.